The largest absolute Gasteiger partial charge is 0.496 e. The van der Waals surface area contributed by atoms with Crippen LogP contribution in [0.5, 0.6) is 11.5 Å². The van der Waals surface area contributed by atoms with Crippen LogP contribution in [-0.4, -0.2) is 33.2 Å². The Kier molecular flexibility index (Phi) is 4.53. The number of methoxy groups -OCH3 is 3. The maximum atomic E-state index is 11.4. The lowest BCUT2D eigenvalue weighted by atomic mass is 10.2. The highest BCUT2D eigenvalue weighted by Gasteiger charge is 2.17. The molecule has 0 saturated heterocycles. The van der Waals surface area contributed by atoms with Gasteiger partial charge in [0, 0.05) is 6.07 Å². The van der Waals surface area contributed by atoms with E-state index < -0.39 is 11.9 Å². The summed E-state index contributed by atoms with van der Waals surface area (Å²) >= 11 is 0. The van der Waals surface area contributed by atoms with Crippen molar-refractivity contribution in [2.24, 2.45) is 0 Å². The number of esters is 1. The maximum Gasteiger partial charge on any atom is 0.396 e. The van der Waals surface area contributed by atoms with Crippen LogP contribution < -0.4 is 14.8 Å². The molecule has 1 N–H and O–H groups in total. The Bertz CT molecular complexity index is 470. The van der Waals surface area contributed by atoms with Crippen LogP contribution >= 0.6 is 0 Å². The second-order valence-electron chi connectivity index (χ2n) is 3.47. The molecule has 1 aromatic rings. The summed E-state index contributed by atoms with van der Waals surface area (Å²) in [4.78, 5) is 22.4. The average Bonchev–Trinajstić information content (AvgIpc) is 2.38. The lowest BCUT2D eigenvalue weighted by molar-refractivity contribution is -0.150. The summed E-state index contributed by atoms with van der Waals surface area (Å²) in [5.74, 6) is -0.834. The van der Waals surface area contributed by atoms with Crippen LogP contribution in [0.25, 0.3) is 0 Å². The second kappa shape index (κ2) is 5.90. The van der Waals surface area contributed by atoms with Crippen molar-refractivity contribution in [2.75, 3.05) is 26.6 Å². The van der Waals surface area contributed by atoms with Crippen molar-refractivity contribution >= 4 is 17.6 Å². The fourth-order valence-corrected chi connectivity index (χ4v) is 1.41. The van der Waals surface area contributed by atoms with Gasteiger partial charge in [0.05, 0.1) is 27.0 Å². The lowest BCUT2D eigenvalue weighted by Gasteiger charge is -2.13. The number of ether oxygens (including phenoxy) is 3. The fraction of sp³-hybridized carbons (Fsp3) is 0.333. The third-order valence-corrected chi connectivity index (χ3v) is 2.34. The van der Waals surface area contributed by atoms with Gasteiger partial charge in [0.2, 0.25) is 0 Å². The van der Waals surface area contributed by atoms with Crippen LogP contribution in [0.2, 0.25) is 0 Å². The number of anilines is 1. The molecule has 6 heteroatoms. The zero-order valence-corrected chi connectivity index (χ0v) is 10.7. The van der Waals surface area contributed by atoms with E-state index in [4.69, 9.17) is 9.47 Å². The van der Waals surface area contributed by atoms with Gasteiger partial charge in [-0.3, -0.25) is 4.79 Å². The molecule has 0 radical (unpaired) electrons. The minimum atomic E-state index is -0.975. The molecule has 0 aliphatic heterocycles. The first kappa shape index (κ1) is 13.8. The summed E-state index contributed by atoms with van der Waals surface area (Å²) < 4.78 is 14.6. The predicted molar refractivity (Wildman–Crippen MR) is 64.9 cm³/mol. The smallest absolute Gasteiger partial charge is 0.396 e. The Morgan fingerprint density at radius 3 is 2.17 bits per heavy atom. The molecule has 0 spiro atoms. The normalized spacial score (nSPS) is 9.56. The van der Waals surface area contributed by atoms with Crippen LogP contribution in [0, 0.1) is 6.92 Å². The number of nitrogens with one attached hydrogen (secondary N) is 1. The molecule has 0 atom stereocenters. The van der Waals surface area contributed by atoms with E-state index in [1.54, 1.807) is 12.1 Å². The average molecular weight is 253 g/mol. The molecule has 0 aromatic heterocycles. The highest BCUT2D eigenvalue weighted by molar-refractivity contribution is 6.37. The van der Waals surface area contributed by atoms with Crippen molar-refractivity contribution in [2.45, 2.75) is 6.92 Å². The standard InChI is InChI=1S/C12H15NO5/c1-7-5-10(17-3)8(6-9(7)16-2)13-11(14)12(15)18-4/h5-6H,1-4H3,(H,13,14). The van der Waals surface area contributed by atoms with E-state index >= 15 is 0 Å². The molecule has 1 aromatic carbocycles. The number of benzene rings is 1. The first-order valence-corrected chi connectivity index (χ1v) is 5.15. The third-order valence-electron chi connectivity index (χ3n) is 2.34. The molecule has 98 valence electrons. The van der Waals surface area contributed by atoms with Gasteiger partial charge in [-0.05, 0) is 18.6 Å². The summed E-state index contributed by atoms with van der Waals surface area (Å²) in [6, 6.07) is 3.28. The van der Waals surface area contributed by atoms with Gasteiger partial charge in [-0.1, -0.05) is 0 Å². The Labute approximate surface area is 105 Å². The molecule has 0 saturated carbocycles. The fourth-order valence-electron chi connectivity index (χ4n) is 1.41. The van der Waals surface area contributed by atoms with Gasteiger partial charge in [0.1, 0.15) is 11.5 Å². The summed E-state index contributed by atoms with van der Waals surface area (Å²) in [5.41, 5.74) is 1.20. The molecule has 18 heavy (non-hydrogen) atoms. The summed E-state index contributed by atoms with van der Waals surface area (Å²) in [6.07, 6.45) is 0. The number of hydrogen-bond donors (Lipinski definition) is 1. The highest BCUT2D eigenvalue weighted by atomic mass is 16.5. The predicted octanol–water partition coefficient (Wildman–Crippen LogP) is 1.12. The van der Waals surface area contributed by atoms with E-state index in [9.17, 15) is 9.59 Å². The number of carbonyl (C=O) groups excluding carboxylic acids is 2. The van der Waals surface area contributed by atoms with Crippen molar-refractivity contribution < 1.29 is 23.8 Å². The molecule has 0 aliphatic rings. The van der Waals surface area contributed by atoms with E-state index in [1.807, 2.05) is 6.92 Å². The molecule has 0 heterocycles. The number of carbonyl (C=O) groups is 2. The first-order chi connectivity index (χ1) is 8.53. The maximum absolute atomic E-state index is 11.4. The lowest BCUT2D eigenvalue weighted by Crippen LogP contribution is -2.24. The second-order valence-corrected chi connectivity index (χ2v) is 3.47. The van der Waals surface area contributed by atoms with Gasteiger partial charge < -0.3 is 19.5 Å². The first-order valence-electron chi connectivity index (χ1n) is 5.15. The Morgan fingerprint density at radius 1 is 1.06 bits per heavy atom. The Hall–Kier alpha value is -2.24. The molecule has 0 bridgehead atoms. The molecular weight excluding hydrogens is 238 g/mol. The van der Waals surface area contributed by atoms with Crippen LogP contribution in [-0.2, 0) is 14.3 Å². The summed E-state index contributed by atoms with van der Waals surface area (Å²) in [7, 11) is 4.12. The molecule has 6 nitrogen and oxygen atoms in total. The molecule has 0 aliphatic carbocycles. The van der Waals surface area contributed by atoms with E-state index in [0.717, 1.165) is 12.7 Å². The summed E-state index contributed by atoms with van der Waals surface area (Å²) in [5, 5.41) is 2.40. The quantitative estimate of drug-likeness (QED) is 0.645. The molecule has 1 amide bonds. The van der Waals surface area contributed by atoms with Gasteiger partial charge in [0.15, 0.2) is 0 Å². The SMILES string of the molecule is COC(=O)C(=O)Nc1cc(OC)c(C)cc1OC. The van der Waals surface area contributed by atoms with Gasteiger partial charge in [-0.25, -0.2) is 4.79 Å². The van der Waals surface area contributed by atoms with Crippen LogP contribution in [0.1, 0.15) is 5.56 Å². The number of rotatable bonds is 3. The Balaban J connectivity index is 3.07. The molecule has 1 rings (SSSR count). The van der Waals surface area contributed by atoms with Crippen molar-refractivity contribution in [1.29, 1.82) is 0 Å². The number of amides is 1. The zero-order valence-electron chi connectivity index (χ0n) is 10.7. The van der Waals surface area contributed by atoms with Crippen molar-refractivity contribution in [3.8, 4) is 11.5 Å². The van der Waals surface area contributed by atoms with E-state index in [1.165, 1.54) is 14.2 Å². The minimum absolute atomic E-state index is 0.343. The number of hydrogen-bond acceptors (Lipinski definition) is 5. The minimum Gasteiger partial charge on any atom is -0.496 e. The van der Waals surface area contributed by atoms with Gasteiger partial charge in [-0.2, -0.15) is 0 Å². The van der Waals surface area contributed by atoms with Crippen LogP contribution in [0.4, 0.5) is 5.69 Å². The van der Waals surface area contributed by atoms with E-state index in [-0.39, 0.29) is 0 Å². The van der Waals surface area contributed by atoms with Crippen molar-refractivity contribution in [3.63, 3.8) is 0 Å². The monoisotopic (exact) mass is 253 g/mol. The third kappa shape index (κ3) is 2.91. The zero-order chi connectivity index (χ0) is 13.7. The topological polar surface area (TPSA) is 73.9 Å². The van der Waals surface area contributed by atoms with Crippen molar-refractivity contribution in [3.05, 3.63) is 17.7 Å². The van der Waals surface area contributed by atoms with Crippen molar-refractivity contribution in [1.82, 2.24) is 0 Å². The van der Waals surface area contributed by atoms with Gasteiger partial charge >= 0.3 is 11.9 Å². The molecular formula is C12H15NO5. The highest BCUT2D eigenvalue weighted by Crippen LogP contribution is 2.32. The number of aryl methyl sites for hydroxylation is 1. The van der Waals surface area contributed by atoms with Crippen LogP contribution in [0.15, 0.2) is 12.1 Å². The Morgan fingerprint density at radius 2 is 1.67 bits per heavy atom. The summed E-state index contributed by atoms with van der Waals surface area (Å²) in [6.45, 7) is 1.84. The van der Waals surface area contributed by atoms with Gasteiger partial charge in [-0.15, -0.1) is 0 Å². The van der Waals surface area contributed by atoms with Gasteiger partial charge in [0.25, 0.3) is 0 Å². The molecule has 0 unspecified atom stereocenters. The van der Waals surface area contributed by atoms with E-state index in [0.29, 0.717) is 17.2 Å². The molecule has 0 fully saturated rings. The van der Waals surface area contributed by atoms with E-state index in [2.05, 4.69) is 10.1 Å². The van der Waals surface area contributed by atoms with Crippen LogP contribution in [0.3, 0.4) is 0 Å².